The van der Waals surface area contributed by atoms with Crippen molar-refractivity contribution in [2.45, 2.75) is 6.92 Å². The van der Waals surface area contributed by atoms with Crippen LogP contribution < -0.4 is 5.32 Å². The molecule has 0 fully saturated rings. The van der Waals surface area contributed by atoms with Gasteiger partial charge < -0.3 is 15.2 Å². The summed E-state index contributed by atoms with van der Waals surface area (Å²) in [6.07, 6.45) is 0. The standard InChI is InChI=1S/C8H10N2O4S/c1-4-10-8(13)6(15-4)7(12)9-3-5(11)14-2/h13H,3H2,1-2H3,(H,9,12). The number of aromatic nitrogens is 1. The van der Waals surface area contributed by atoms with Gasteiger partial charge in [0.2, 0.25) is 5.88 Å². The minimum Gasteiger partial charge on any atom is -0.492 e. The lowest BCUT2D eigenvalue weighted by Gasteiger charge is -2.01. The van der Waals surface area contributed by atoms with Crippen molar-refractivity contribution >= 4 is 23.2 Å². The zero-order valence-corrected chi connectivity index (χ0v) is 9.05. The minimum absolute atomic E-state index is 0.0939. The van der Waals surface area contributed by atoms with E-state index in [1.165, 1.54) is 7.11 Å². The van der Waals surface area contributed by atoms with E-state index in [2.05, 4.69) is 15.0 Å². The van der Waals surface area contributed by atoms with Gasteiger partial charge in [-0.2, -0.15) is 0 Å². The maximum absolute atomic E-state index is 11.4. The largest absolute Gasteiger partial charge is 0.492 e. The number of ether oxygens (including phenoxy) is 1. The molecule has 1 aromatic rings. The van der Waals surface area contributed by atoms with Crippen molar-refractivity contribution in [3.63, 3.8) is 0 Å². The van der Waals surface area contributed by atoms with Crippen LogP contribution in [0.1, 0.15) is 14.7 Å². The average molecular weight is 230 g/mol. The molecule has 2 N–H and O–H groups in total. The Morgan fingerprint density at radius 2 is 2.27 bits per heavy atom. The first-order chi connectivity index (χ1) is 7.04. The number of aromatic hydroxyl groups is 1. The first kappa shape index (κ1) is 11.4. The van der Waals surface area contributed by atoms with Gasteiger partial charge in [-0.3, -0.25) is 9.59 Å². The van der Waals surface area contributed by atoms with Crippen molar-refractivity contribution in [1.29, 1.82) is 0 Å². The number of nitrogens with one attached hydrogen (secondary N) is 1. The van der Waals surface area contributed by atoms with E-state index in [0.717, 1.165) is 11.3 Å². The first-order valence-electron chi connectivity index (χ1n) is 4.06. The predicted octanol–water partition coefficient (Wildman–Crippen LogP) is 0.0599. The van der Waals surface area contributed by atoms with Gasteiger partial charge in [-0.1, -0.05) is 0 Å². The van der Waals surface area contributed by atoms with Crippen LogP contribution in [-0.2, 0) is 9.53 Å². The van der Waals surface area contributed by atoms with Crippen molar-refractivity contribution in [3.05, 3.63) is 9.88 Å². The Labute approximate surface area is 89.9 Å². The summed E-state index contributed by atoms with van der Waals surface area (Å²) in [5.74, 6) is -1.41. The topological polar surface area (TPSA) is 88.5 Å². The summed E-state index contributed by atoms with van der Waals surface area (Å²) >= 11 is 1.06. The number of rotatable bonds is 3. The van der Waals surface area contributed by atoms with Gasteiger partial charge in [0.05, 0.1) is 12.1 Å². The number of carbonyl (C=O) groups is 2. The first-order valence-corrected chi connectivity index (χ1v) is 4.87. The molecule has 6 nitrogen and oxygen atoms in total. The second-order valence-corrected chi connectivity index (χ2v) is 3.85. The average Bonchev–Trinajstić information content (AvgIpc) is 2.53. The quantitative estimate of drug-likeness (QED) is 0.717. The molecule has 0 aromatic carbocycles. The van der Waals surface area contributed by atoms with E-state index in [-0.39, 0.29) is 17.3 Å². The van der Waals surface area contributed by atoms with Crippen molar-refractivity contribution < 1.29 is 19.4 Å². The van der Waals surface area contributed by atoms with E-state index in [1.54, 1.807) is 6.92 Å². The Morgan fingerprint density at radius 1 is 1.60 bits per heavy atom. The number of hydrogen-bond donors (Lipinski definition) is 2. The highest BCUT2D eigenvalue weighted by molar-refractivity contribution is 7.13. The van der Waals surface area contributed by atoms with Gasteiger partial charge in [0, 0.05) is 0 Å². The van der Waals surface area contributed by atoms with Gasteiger partial charge in [-0.25, -0.2) is 4.98 Å². The van der Waals surface area contributed by atoms with Gasteiger partial charge in [0.1, 0.15) is 6.54 Å². The summed E-state index contributed by atoms with van der Waals surface area (Å²) in [4.78, 5) is 25.9. The maximum Gasteiger partial charge on any atom is 0.325 e. The van der Waals surface area contributed by atoms with Crippen LogP contribution in [0.5, 0.6) is 5.88 Å². The molecule has 0 saturated carbocycles. The van der Waals surface area contributed by atoms with Gasteiger partial charge in [0.15, 0.2) is 4.88 Å². The summed E-state index contributed by atoms with van der Waals surface area (Å²) < 4.78 is 4.34. The van der Waals surface area contributed by atoms with Crippen LogP contribution in [0.3, 0.4) is 0 Å². The van der Waals surface area contributed by atoms with E-state index >= 15 is 0 Å². The molecular formula is C8H10N2O4S. The van der Waals surface area contributed by atoms with Crippen LogP contribution in [0, 0.1) is 6.92 Å². The number of aryl methyl sites for hydroxylation is 1. The van der Waals surface area contributed by atoms with Crippen LogP contribution in [0.4, 0.5) is 0 Å². The highest BCUT2D eigenvalue weighted by atomic mass is 32.1. The number of thiazole rings is 1. The number of esters is 1. The summed E-state index contributed by atoms with van der Waals surface area (Å²) in [5.41, 5.74) is 0. The molecule has 7 heteroatoms. The molecule has 1 aromatic heterocycles. The molecule has 0 spiro atoms. The molecule has 82 valence electrons. The lowest BCUT2D eigenvalue weighted by molar-refractivity contribution is -0.139. The summed E-state index contributed by atoms with van der Waals surface area (Å²) in [6, 6.07) is 0. The van der Waals surface area contributed by atoms with Crippen LogP contribution in [-0.4, -0.2) is 35.6 Å². The summed E-state index contributed by atoms with van der Waals surface area (Å²) in [7, 11) is 1.23. The second-order valence-electron chi connectivity index (χ2n) is 2.64. The molecule has 0 aliphatic rings. The Hall–Kier alpha value is -1.63. The molecule has 1 rings (SSSR count). The van der Waals surface area contributed by atoms with Crippen LogP contribution >= 0.6 is 11.3 Å². The van der Waals surface area contributed by atoms with E-state index < -0.39 is 11.9 Å². The van der Waals surface area contributed by atoms with Crippen molar-refractivity contribution in [2.24, 2.45) is 0 Å². The second kappa shape index (κ2) is 4.74. The van der Waals surface area contributed by atoms with Gasteiger partial charge in [0.25, 0.3) is 5.91 Å². The highest BCUT2D eigenvalue weighted by Crippen LogP contribution is 2.22. The molecule has 0 aliphatic carbocycles. The Kier molecular flexibility index (Phi) is 3.62. The van der Waals surface area contributed by atoms with Crippen LogP contribution in [0.25, 0.3) is 0 Å². The maximum atomic E-state index is 11.4. The number of nitrogens with zero attached hydrogens (tertiary/aromatic N) is 1. The third kappa shape index (κ3) is 2.91. The molecule has 15 heavy (non-hydrogen) atoms. The Balaban J connectivity index is 2.61. The third-order valence-electron chi connectivity index (χ3n) is 1.54. The fourth-order valence-electron chi connectivity index (χ4n) is 0.869. The van der Waals surface area contributed by atoms with E-state index in [9.17, 15) is 14.7 Å². The van der Waals surface area contributed by atoms with Crippen molar-refractivity contribution in [3.8, 4) is 5.88 Å². The van der Waals surface area contributed by atoms with Gasteiger partial charge >= 0.3 is 5.97 Å². The number of carbonyl (C=O) groups excluding carboxylic acids is 2. The molecule has 0 radical (unpaired) electrons. The normalized spacial score (nSPS) is 9.73. The molecule has 0 aliphatic heterocycles. The molecule has 1 amide bonds. The number of methoxy groups -OCH3 is 1. The fourth-order valence-corrected chi connectivity index (χ4v) is 1.60. The van der Waals surface area contributed by atoms with Gasteiger partial charge in [-0.15, -0.1) is 11.3 Å². The smallest absolute Gasteiger partial charge is 0.325 e. The summed E-state index contributed by atoms with van der Waals surface area (Å²) in [5, 5.41) is 12.1. The highest BCUT2D eigenvalue weighted by Gasteiger charge is 2.16. The van der Waals surface area contributed by atoms with Crippen molar-refractivity contribution in [2.75, 3.05) is 13.7 Å². The molecule has 0 atom stereocenters. The lowest BCUT2D eigenvalue weighted by Crippen LogP contribution is -2.29. The molecule has 1 heterocycles. The number of amides is 1. The minimum atomic E-state index is -0.552. The van der Waals surface area contributed by atoms with Gasteiger partial charge in [-0.05, 0) is 6.92 Å². The van der Waals surface area contributed by atoms with E-state index in [0.29, 0.717) is 5.01 Å². The number of hydrogen-bond acceptors (Lipinski definition) is 6. The Bertz CT molecular complexity index is 388. The van der Waals surface area contributed by atoms with E-state index in [1.807, 2.05) is 0 Å². The molecule has 0 bridgehead atoms. The monoisotopic (exact) mass is 230 g/mol. The Morgan fingerprint density at radius 3 is 2.73 bits per heavy atom. The lowest BCUT2D eigenvalue weighted by atomic mass is 10.4. The molecular weight excluding hydrogens is 220 g/mol. The van der Waals surface area contributed by atoms with Crippen LogP contribution in [0.2, 0.25) is 0 Å². The fraction of sp³-hybridized carbons (Fsp3) is 0.375. The van der Waals surface area contributed by atoms with E-state index in [4.69, 9.17) is 0 Å². The SMILES string of the molecule is COC(=O)CNC(=O)c1sc(C)nc1O. The van der Waals surface area contributed by atoms with Crippen molar-refractivity contribution in [1.82, 2.24) is 10.3 Å². The predicted molar refractivity (Wildman–Crippen MR) is 52.9 cm³/mol. The zero-order valence-electron chi connectivity index (χ0n) is 8.23. The zero-order chi connectivity index (χ0) is 11.4. The summed E-state index contributed by atoms with van der Waals surface area (Å²) in [6.45, 7) is 1.44. The molecule has 0 saturated heterocycles. The molecule has 0 unspecified atom stereocenters. The van der Waals surface area contributed by atoms with Crippen LogP contribution in [0.15, 0.2) is 0 Å². The third-order valence-corrected chi connectivity index (χ3v) is 2.50.